The second kappa shape index (κ2) is 11.3. The second-order valence-electron chi connectivity index (χ2n) is 6.71. The Labute approximate surface area is 190 Å². The lowest BCUT2D eigenvalue weighted by Crippen LogP contribution is -2.11. The molecule has 0 heterocycles. The van der Waals surface area contributed by atoms with Gasteiger partial charge in [0.1, 0.15) is 0 Å². The zero-order valence-electron chi connectivity index (χ0n) is 18.4. The average molecular weight is 449 g/mol. The number of carbonyl (C=O) groups is 2. The summed E-state index contributed by atoms with van der Waals surface area (Å²) in [7, 11) is 4.39. The molecule has 0 aliphatic heterocycles. The number of ether oxygens (including phenoxy) is 3. The van der Waals surface area contributed by atoms with E-state index in [4.69, 9.17) is 19.0 Å². The molecule has 9 nitrogen and oxygen atoms in total. The van der Waals surface area contributed by atoms with Gasteiger partial charge in [0.05, 0.1) is 44.7 Å². The maximum absolute atomic E-state index is 12.4. The molecule has 1 amide bonds. The Balaban J connectivity index is 1.58. The summed E-state index contributed by atoms with van der Waals surface area (Å²) in [6, 6.07) is 18.8. The van der Waals surface area contributed by atoms with E-state index in [0.29, 0.717) is 28.6 Å². The summed E-state index contributed by atoms with van der Waals surface area (Å²) in [5.41, 5.74) is 4.64. The van der Waals surface area contributed by atoms with Crippen LogP contribution in [-0.4, -0.2) is 33.2 Å². The summed E-state index contributed by atoms with van der Waals surface area (Å²) in [6.07, 6.45) is 0.181. The zero-order chi connectivity index (χ0) is 23.6. The largest absolute Gasteiger partial charge is 0.493 e. The fourth-order valence-electron chi connectivity index (χ4n) is 2.88. The first-order valence-electron chi connectivity index (χ1n) is 9.89. The molecule has 0 unspecified atom stereocenters. The molecule has 3 aromatic rings. The molecule has 0 aromatic heterocycles. The maximum atomic E-state index is 12.4. The van der Waals surface area contributed by atoms with Gasteiger partial charge in [-0.1, -0.05) is 30.3 Å². The lowest BCUT2D eigenvalue weighted by Gasteiger charge is -2.14. The molecule has 0 atom stereocenters. The van der Waals surface area contributed by atoms with Gasteiger partial charge in [-0.05, 0) is 42.0 Å². The molecule has 0 bridgehead atoms. The van der Waals surface area contributed by atoms with Gasteiger partial charge in [-0.15, -0.1) is 10.2 Å². The van der Waals surface area contributed by atoms with Crippen molar-refractivity contribution in [3.8, 4) is 17.2 Å². The van der Waals surface area contributed by atoms with E-state index in [-0.39, 0.29) is 17.9 Å². The number of nitrogens with zero attached hydrogens (tertiary/aromatic N) is 2. The van der Waals surface area contributed by atoms with Crippen LogP contribution in [0.2, 0.25) is 0 Å². The van der Waals surface area contributed by atoms with Crippen molar-refractivity contribution >= 4 is 23.3 Å². The molecule has 9 heteroatoms. The summed E-state index contributed by atoms with van der Waals surface area (Å²) in [5.74, 6) is 0.0457. The minimum absolute atomic E-state index is 0.181. The predicted molar refractivity (Wildman–Crippen MR) is 121 cm³/mol. The van der Waals surface area contributed by atoms with Crippen LogP contribution in [-0.2, 0) is 16.1 Å². The number of nitrogens with one attached hydrogen (secondary N) is 1. The fourth-order valence-corrected chi connectivity index (χ4v) is 2.88. The van der Waals surface area contributed by atoms with E-state index in [9.17, 15) is 9.59 Å². The lowest BCUT2D eigenvalue weighted by atomic mass is 10.1. The van der Waals surface area contributed by atoms with E-state index in [2.05, 4.69) is 15.7 Å². The molecule has 0 spiro atoms. The Morgan fingerprint density at radius 2 is 1.48 bits per heavy atom. The number of hydrogen-bond acceptors (Lipinski definition) is 8. The van der Waals surface area contributed by atoms with Crippen molar-refractivity contribution in [1.29, 1.82) is 0 Å². The summed E-state index contributed by atoms with van der Waals surface area (Å²) in [6.45, 7) is 0. The van der Waals surface area contributed by atoms with Gasteiger partial charge < -0.3 is 19.0 Å². The zero-order valence-corrected chi connectivity index (χ0v) is 18.4. The quantitative estimate of drug-likeness (QED) is 0.371. The number of amides is 1. The van der Waals surface area contributed by atoms with Crippen LogP contribution in [0.1, 0.15) is 15.9 Å². The third-order valence-corrected chi connectivity index (χ3v) is 4.50. The second-order valence-corrected chi connectivity index (χ2v) is 6.71. The molecule has 3 aromatic carbocycles. The molecule has 0 saturated carbocycles. The minimum Gasteiger partial charge on any atom is -0.493 e. The number of anilines is 1. The first-order chi connectivity index (χ1) is 16.0. The van der Waals surface area contributed by atoms with Gasteiger partial charge in [-0.2, -0.15) is 0 Å². The van der Waals surface area contributed by atoms with Crippen molar-refractivity contribution in [3.63, 3.8) is 0 Å². The van der Waals surface area contributed by atoms with Crippen molar-refractivity contribution in [2.45, 2.75) is 6.42 Å². The van der Waals surface area contributed by atoms with Crippen molar-refractivity contribution in [2.24, 2.45) is 10.2 Å². The van der Waals surface area contributed by atoms with E-state index < -0.39 is 5.97 Å². The monoisotopic (exact) mass is 449 g/mol. The topological polar surface area (TPSA) is 108 Å². The van der Waals surface area contributed by atoms with Crippen molar-refractivity contribution in [1.82, 2.24) is 0 Å². The molecule has 0 radical (unpaired) electrons. The van der Waals surface area contributed by atoms with Gasteiger partial charge >= 0.3 is 5.97 Å². The molecule has 3 rings (SSSR count). The number of azo groups is 1. The number of rotatable bonds is 9. The van der Waals surface area contributed by atoms with Crippen LogP contribution in [0.5, 0.6) is 17.2 Å². The number of hydrogen-bond donors (Lipinski definition) is 1. The first kappa shape index (κ1) is 23.3. The molecular weight excluding hydrogens is 426 g/mol. The third-order valence-electron chi connectivity index (χ3n) is 4.50. The lowest BCUT2D eigenvalue weighted by molar-refractivity contribution is -0.117. The summed E-state index contributed by atoms with van der Waals surface area (Å²) in [5, 5.41) is 7.67. The summed E-state index contributed by atoms with van der Waals surface area (Å²) >= 11 is 0. The highest BCUT2D eigenvalue weighted by Crippen LogP contribution is 2.38. The van der Waals surface area contributed by atoms with Gasteiger partial charge in [0.15, 0.2) is 11.5 Å². The van der Waals surface area contributed by atoms with Crippen LogP contribution in [0, 0.1) is 0 Å². The number of carbonyl (C=O) groups excluding carboxylic acids is 2. The highest BCUT2D eigenvalue weighted by molar-refractivity contribution is 5.91. The van der Waals surface area contributed by atoms with Gasteiger partial charge in [-0.25, -0.2) is 10.3 Å². The Bertz CT molecular complexity index is 1110. The first-order valence-corrected chi connectivity index (χ1v) is 9.89. The molecule has 0 saturated heterocycles. The molecule has 1 N–H and O–H groups in total. The van der Waals surface area contributed by atoms with E-state index in [0.717, 1.165) is 5.56 Å². The van der Waals surface area contributed by atoms with Crippen LogP contribution in [0.4, 0.5) is 11.4 Å². The molecule has 170 valence electrons. The van der Waals surface area contributed by atoms with Crippen molar-refractivity contribution < 1.29 is 28.6 Å². The molecule has 0 fully saturated rings. The standard InChI is InChI=1S/C24H23N3O6/c1-30-20-14-17(15-21(31-2)23(20)32-3)24(29)33-27-19-11-9-18(10-12-19)25-26-22(28)13-16-7-5-4-6-8-16/h4-12,14-15,27H,13H2,1-3H3. The molecule has 0 aliphatic rings. The number of methoxy groups -OCH3 is 3. The minimum atomic E-state index is -0.649. The maximum Gasteiger partial charge on any atom is 0.363 e. The Morgan fingerprint density at radius 3 is 2.06 bits per heavy atom. The smallest absolute Gasteiger partial charge is 0.363 e. The van der Waals surface area contributed by atoms with Gasteiger partial charge in [0.2, 0.25) is 5.75 Å². The summed E-state index contributed by atoms with van der Waals surface area (Å²) < 4.78 is 15.7. The van der Waals surface area contributed by atoms with E-state index in [1.54, 1.807) is 24.3 Å². The Kier molecular flexibility index (Phi) is 7.96. The highest BCUT2D eigenvalue weighted by atomic mass is 16.7. The van der Waals surface area contributed by atoms with Crippen LogP contribution in [0.25, 0.3) is 0 Å². The Morgan fingerprint density at radius 1 is 0.848 bits per heavy atom. The average Bonchev–Trinajstić information content (AvgIpc) is 2.86. The molecule has 33 heavy (non-hydrogen) atoms. The van der Waals surface area contributed by atoms with E-state index >= 15 is 0 Å². The van der Waals surface area contributed by atoms with Crippen molar-refractivity contribution in [2.75, 3.05) is 26.8 Å². The van der Waals surface area contributed by atoms with E-state index in [1.165, 1.54) is 33.5 Å². The SMILES string of the molecule is COc1cc(C(=O)ONc2ccc(N=NC(=O)Cc3ccccc3)cc2)cc(OC)c1OC. The van der Waals surface area contributed by atoms with Gasteiger partial charge in [0, 0.05) is 0 Å². The fraction of sp³-hybridized carbons (Fsp3) is 0.167. The highest BCUT2D eigenvalue weighted by Gasteiger charge is 2.18. The third kappa shape index (κ3) is 6.30. The van der Waals surface area contributed by atoms with Gasteiger partial charge in [-0.3, -0.25) is 4.79 Å². The number of benzene rings is 3. The molecule has 0 aliphatic carbocycles. The normalized spacial score (nSPS) is 10.5. The van der Waals surface area contributed by atoms with Crippen LogP contribution < -0.4 is 19.7 Å². The van der Waals surface area contributed by atoms with Crippen molar-refractivity contribution in [3.05, 3.63) is 77.9 Å². The van der Waals surface area contributed by atoms with Crippen LogP contribution in [0.3, 0.4) is 0 Å². The van der Waals surface area contributed by atoms with E-state index in [1.807, 2.05) is 30.3 Å². The van der Waals surface area contributed by atoms with Crippen LogP contribution >= 0.6 is 0 Å². The molecular formula is C24H23N3O6. The predicted octanol–water partition coefficient (Wildman–Crippen LogP) is 4.75. The van der Waals surface area contributed by atoms with Crippen LogP contribution in [0.15, 0.2) is 77.0 Å². The summed E-state index contributed by atoms with van der Waals surface area (Å²) in [4.78, 5) is 29.5. The van der Waals surface area contributed by atoms with Gasteiger partial charge in [0.25, 0.3) is 5.91 Å². The Hall–Kier alpha value is -4.40.